The van der Waals surface area contributed by atoms with Crippen molar-refractivity contribution in [1.82, 2.24) is 0 Å². The molecular formula is C21H32O4. The van der Waals surface area contributed by atoms with Crippen molar-refractivity contribution in [3.05, 3.63) is 24.3 Å². The molecule has 0 fully saturated rings. The molecule has 0 radical (unpaired) electrons. The van der Waals surface area contributed by atoms with Crippen molar-refractivity contribution in [3.8, 4) is 11.5 Å². The van der Waals surface area contributed by atoms with Gasteiger partial charge < -0.3 is 9.47 Å². The highest BCUT2D eigenvalue weighted by Crippen LogP contribution is 2.27. The highest BCUT2D eigenvalue weighted by Gasteiger charge is 2.13. The molecule has 0 saturated carbocycles. The van der Waals surface area contributed by atoms with E-state index in [0.717, 1.165) is 38.5 Å². The number of ether oxygens (including phenoxy) is 2. The van der Waals surface area contributed by atoms with Crippen molar-refractivity contribution in [1.29, 1.82) is 0 Å². The summed E-state index contributed by atoms with van der Waals surface area (Å²) in [5.41, 5.74) is 0. The Kier molecular flexibility index (Phi) is 11.4. The second kappa shape index (κ2) is 13.5. The zero-order chi connectivity index (χ0) is 18.3. The Balaban J connectivity index is 2.39. The van der Waals surface area contributed by atoms with Crippen molar-refractivity contribution in [2.45, 2.75) is 84.5 Å². The maximum atomic E-state index is 12.0. The van der Waals surface area contributed by atoms with Gasteiger partial charge >= 0.3 is 11.9 Å². The molecule has 0 aliphatic heterocycles. The normalized spacial score (nSPS) is 10.5. The van der Waals surface area contributed by atoms with Crippen molar-refractivity contribution >= 4 is 11.9 Å². The molecule has 1 aromatic carbocycles. The van der Waals surface area contributed by atoms with E-state index in [9.17, 15) is 9.59 Å². The first-order valence-corrected chi connectivity index (χ1v) is 9.67. The molecule has 0 aromatic heterocycles. The molecule has 0 N–H and O–H groups in total. The van der Waals surface area contributed by atoms with Crippen molar-refractivity contribution in [2.75, 3.05) is 0 Å². The molecule has 0 spiro atoms. The number of hydrogen-bond acceptors (Lipinski definition) is 4. The van der Waals surface area contributed by atoms with Gasteiger partial charge in [0.15, 0.2) is 11.5 Å². The molecule has 4 nitrogen and oxygen atoms in total. The highest BCUT2D eigenvalue weighted by atomic mass is 16.6. The highest BCUT2D eigenvalue weighted by molar-refractivity contribution is 5.76. The van der Waals surface area contributed by atoms with Crippen LogP contribution in [0.4, 0.5) is 0 Å². The molecule has 140 valence electrons. The van der Waals surface area contributed by atoms with Crippen LogP contribution in [0.3, 0.4) is 0 Å². The lowest BCUT2D eigenvalue weighted by atomic mass is 10.1. The van der Waals surface area contributed by atoms with Gasteiger partial charge in [0.1, 0.15) is 0 Å². The van der Waals surface area contributed by atoms with E-state index in [1.54, 1.807) is 24.3 Å². The van der Waals surface area contributed by atoms with Gasteiger partial charge in [-0.15, -0.1) is 0 Å². The third kappa shape index (κ3) is 9.90. The van der Waals surface area contributed by atoms with Crippen LogP contribution in [-0.4, -0.2) is 11.9 Å². The number of para-hydroxylation sites is 2. The van der Waals surface area contributed by atoms with Crippen LogP contribution in [0.25, 0.3) is 0 Å². The molecule has 0 bridgehead atoms. The molecular weight excluding hydrogens is 316 g/mol. The average Bonchev–Trinajstić information content (AvgIpc) is 2.60. The third-order valence-corrected chi connectivity index (χ3v) is 4.02. The predicted octanol–water partition coefficient (Wildman–Crippen LogP) is 5.83. The topological polar surface area (TPSA) is 52.6 Å². The fraction of sp³-hybridized carbons (Fsp3) is 0.619. The van der Waals surface area contributed by atoms with Crippen molar-refractivity contribution < 1.29 is 19.1 Å². The van der Waals surface area contributed by atoms with Gasteiger partial charge in [-0.2, -0.15) is 0 Å². The van der Waals surface area contributed by atoms with Gasteiger partial charge in [0.05, 0.1) is 0 Å². The summed E-state index contributed by atoms with van der Waals surface area (Å²) < 4.78 is 10.7. The molecule has 0 saturated heterocycles. The zero-order valence-electron chi connectivity index (χ0n) is 15.7. The van der Waals surface area contributed by atoms with Crippen LogP contribution < -0.4 is 9.47 Å². The average molecular weight is 348 g/mol. The summed E-state index contributed by atoms with van der Waals surface area (Å²) in [4.78, 5) is 23.8. The standard InChI is InChI=1S/C21H32O4/c1-3-5-7-8-9-11-17-21(23)25-19-15-13-12-14-18(19)24-20(22)16-10-6-4-2/h12-15H,3-11,16-17H2,1-2H3. The predicted molar refractivity (Wildman–Crippen MR) is 99.8 cm³/mol. The second-order valence-corrected chi connectivity index (χ2v) is 6.37. The lowest BCUT2D eigenvalue weighted by molar-refractivity contribution is -0.137. The van der Waals surface area contributed by atoms with Crippen LogP contribution in [0.15, 0.2) is 24.3 Å². The molecule has 0 unspecified atom stereocenters. The minimum Gasteiger partial charge on any atom is -0.423 e. The molecule has 0 atom stereocenters. The van der Waals surface area contributed by atoms with Crippen LogP contribution in [0.5, 0.6) is 11.5 Å². The summed E-state index contributed by atoms with van der Waals surface area (Å²) in [6, 6.07) is 6.85. The van der Waals surface area contributed by atoms with E-state index >= 15 is 0 Å². The Morgan fingerprint density at radius 1 is 0.680 bits per heavy atom. The first kappa shape index (κ1) is 21.2. The summed E-state index contributed by atoms with van der Waals surface area (Å²) in [6.45, 7) is 4.27. The Morgan fingerprint density at radius 3 is 1.60 bits per heavy atom. The Morgan fingerprint density at radius 2 is 1.08 bits per heavy atom. The quantitative estimate of drug-likeness (QED) is 0.256. The van der Waals surface area contributed by atoms with Crippen LogP contribution in [0.1, 0.15) is 84.5 Å². The zero-order valence-corrected chi connectivity index (χ0v) is 15.7. The smallest absolute Gasteiger partial charge is 0.311 e. The fourth-order valence-electron chi connectivity index (χ4n) is 2.54. The van der Waals surface area contributed by atoms with Gasteiger partial charge in [-0.05, 0) is 25.0 Å². The fourth-order valence-corrected chi connectivity index (χ4v) is 2.54. The lowest BCUT2D eigenvalue weighted by Crippen LogP contribution is -2.12. The third-order valence-electron chi connectivity index (χ3n) is 4.02. The molecule has 25 heavy (non-hydrogen) atoms. The van der Waals surface area contributed by atoms with Crippen LogP contribution in [-0.2, 0) is 9.59 Å². The first-order chi connectivity index (χ1) is 12.2. The van der Waals surface area contributed by atoms with E-state index in [4.69, 9.17) is 9.47 Å². The number of rotatable bonds is 13. The summed E-state index contributed by atoms with van der Waals surface area (Å²) in [7, 11) is 0. The van der Waals surface area contributed by atoms with E-state index in [1.165, 1.54) is 19.3 Å². The van der Waals surface area contributed by atoms with Gasteiger partial charge in [-0.1, -0.05) is 70.9 Å². The van der Waals surface area contributed by atoms with Gasteiger partial charge in [0.2, 0.25) is 0 Å². The van der Waals surface area contributed by atoms with Gasteiger partial charge in [-0.25, -0.2) is 0 Å². The van der Waals surface area contributed by atoms with Gasteiger partial charge in [0, 0.05) is 12.8 Å². The Bertz CT molecular complexity index is 510. The number of carbonyl (C=O) groups is 2. The number of esters is 2. The first-order valence-electron chi connectivity index (χ1n) is 9.67. The minimum atomic E-state index is -0.284. The second-order valence-electron chi connectivity index (χ2n) is 6.37. The Labute approximate surface area is 151 Å². The maximum Gasteiger partial charge on any atom is 0.311 e. The van der Waals surface area contributed by atoms with Crippen LogP contribution >= 0.6 is 0 Å². The lowest BCUT2D eigenvalue weighted by Gasteiger charge is -2.10. The number of benzene rings is 1. The largest absolute Gasteiger partial charge is 0.423 e. The van der Waals surface area contributed by atoms with E-state index in [2.05, 4.69) is 13.8 Å². The van der Waals surface area contributed by atoms with Crippen LogP contribution in [0.2, 0.25) is 0 Å². The monoisotopic (exact) mass is 348 g/mol. The number of hydrogen-bond donors (Lipinski definition) is 0. The summed E-state index contributed by atoms with van der Waals surface area (Å²) in [5, 5.41) is 0. The molecule has 0 heterocycles. The summed E-state index contributed by atoms with van der Waals surface area (Å²) >= 11 is 0. The van der Waals surface area contributed by atoms with E-state index < -0.39 is 0 Å². The number of carbonyl (C=O) groups excluding carboxylic acids is 2. The molecule has 0 aliphatic carbocycles. The number of unbranched alkanes of at least 4 members (excludes halogenated alkanes) is 7. The molecule has 1 rings (SSSR count). The molecule has 0 amide bonds. The SMILES string of the molecule is CCCCCCCCC(=O)Oc1ccccc1OC(=O)CCCCC. The summed E-state index contributed by atoms with van der Waals surface area (Å²) in [6.07, 6.45) is 10.4. The Hall–Kier alpha value is -1.84. The van der Waals surface area contributed by atoms with Crippen LogP contribution in [0, 0.1) is 0 Å². The minimum absolute atomic E-state index is 0.273. The van der Waals surface area contributed by atoms with E-state index in [-0.39, 0.29) is 11.9 Å². The van der Waals surface area contributed by atoms with E-state index in [1.807, 2.05) is 0 Å². The van der Waals surface area contributed by atoms with Crippen molar-refractivity contribution in [3.63, 3.8) is 0 Å². The van der Waals surface area contributed by atoms with Gasteiger partial charge in [-0.3, -0.25) is 9.59 Å². The molecule has 1 aromatic rings. The van der Waals surface area contributed by atoms with Crippen molar-refractivity contribution in [2.24, 2.45) is 0 Å². The van der Waals surface area contributed by atoms with E-state index in [0.29, 0.717) is 24.3 Å². The summed E-state index contributed by atoms with van der Waals surface area (Å²) in [5.74, 6) is 0.0838. The molecule has 0 aliphatic rings. The maximum absolute atomic E-state index is 12.0. The van der Waals surface area contributed by atoms with Gasteiger partial charge in [0.25, 0.3) is 0 Å². The molecule has 4 heteroatoms.